The maximum atomic E-state index is 8.72. The molecule has 0 aliphatic carbocycles. The van der Waals surface area contributed by atoms with Crippen LogP contribution in [-0.4, -0.2) is 11.7 Å². The molecule has 0 aromatic heterocycles. The van der Waals surface area contributed by atoms with Crippen molar-refractivity contribution in [1.29, 1.82) is 0 Å². The molecule has 0 spiro atoms. The van der Waals surface area contributed by atoms with Crippen molar-refractivity contribution in [3.05, 3.63) is 40.8 Å². The number of aliphatic hydroxyl groups is 1. The minimum atomic E-state index is -0.0180. The second-order valence-electron chi connectivity index (χ2n) is 2.23. The predicted molar refractivity (Wildman–Crippen MR) is 53.5 cm³/mol. The monoisotopic (exact) mass is 200 g/mol. The van der Waals surface area contributed by atoms with E-state index in [2.05, 4.69) is 6.58 Å². The number of rotatable bonds is 3. The van der Waals surface area contributed by atoms with Crippen LogP contribution in [0.5, 0.6) is 0 Å². The second kappa shape index (κ2) is 4.55. The summed E-state index contributed by atoms with van der Waals surface area (Å²) in [6, 6.07) is 7.48. The fourth-order valence-electron chi connectivity index (χ4n) is 0.715. The van der Waals surface area contributed by atoms with Crippen molar-refractivity contribution in [2.24, 2.45) is 0 Å². The van der Waals surface area contributed by atoms with Gasteiger partial charge in [0, 0.05) is 9.80 Å². The van der Waals surface area contributed by atoms with Crippen LogP contribution >= 0.6 is 23.4 Å². The van der Waals surface area contributed by atoms with Crippen LogP contribution in [0.3, 0.4) is 0 Å². The fourth-order valence-corrected chi connectivity index (χ4v) is 1.65. The van der Waals surface area contributed by atoms with E-state index in [0.717, 1.165) is 4.90 Å². The molecule has 0 amide bonds. The number of benzene rings is 1. The van der Waals surface area contributed by atoms with Crippen molar-refractivity contribution in [3.8, 4) is 0 Å². The van der Waals surface area contributed by atoms with Gasteiger partial charge in [-0.2, -0.15) is 0 Å². The zero-order valence-corrected chi connectivity index (χ0v) is 8.03. The van der Waals surface area contributed by atoms with E-state index in [0.29, 0.717) is 9.93 Å². The number of aliphatic hydroxyl groups excluding tert-OH is 1. The molecule has 1 aromatic rings. The molecule has 12 heavy (non-hydrogen) atoms. The smallest absolute Gasteiger partial charge is 0.0738 e. The fraction of sp³-hybridized carbons (Fsp3) is 0.111. The number of thioether (sulfide) groups is 1. The van der Waals surface area contributed by atoms with Gasteiger partial charge in [-0.3, -0.25) is 0 Å². The minimum absolute atomic E-state index is 0.0180. The van der Waals surface area contributed by atoms with E-state index in [-0.39, 0.29) is 6.61 Å². The highest BCUT2D eigenvalue weighted by molar-refractivity contribution is 8.03. The third-order valence-corrected chi connectivity index (χ3v) is 2.70. The van der Waals surface area contributed by atoms with E-state index in [1.54, 1.807) is 0 Å². The summed E-state index contributed by atoms with van der Waals surface area (Å²) in [5, 5.41) is 9.42. The zero-order chi connectivity index (χ0) is 8.97. The topological polar surface area (TPSA) is 20.2 Å². The van der Waals surface area contributed by atoms with Crippen LogP contribution in [0.2, 0.25) is 5.02 Å². The maximum Gasteiger partial charge on any atom is 0.0738 e. The number of hydrogen-bond acceptors (Lipinski definition) is 2. The molecule has 0 saturated carbocycles. The van der Waals surface area contributed by atoms with Gasteiger partial charge in [0.25, 0.3) is 0 Å². The van der Waals surface area contributed by atoms with Crippen molar-refractivity contribution in [1.82, 2.24) is 0 Å². The van der Waals surface area contributed by atoms with Crippen molar-refractivity contribution in [2.75, 3.05) is 6.61 Å². The van der Waals surface area contributed by atoms with Gasteiger partial charge in [-0.1, -0.05) is 42.1 Å². The molecule has 1 aromatic carbocycles. The summed E-state index contributed by atoms with van der Waals surface area (Å²) in [6.45, 7) is 3.65. The number of halogens is 1. The Labute approximate surface area is 81.1 Å². The summed E-state index contributed by atoms with van der Waals surface area (Å²) in [5.41, 5.74) is 0. The second-order valence-corrected chi connectivity index (χ2v) is 3.86. The van der Waals surface area contributed by atoms with Crippen LogP contribution in [0.1, 0.15) is 0 Å². The van der Waals surface area contributed by atoms with Crippen molar-refractivity contribution < 1.29 is 5.11 Å². The van der Waals surface area contributed by atoms with Gasteiger partial charge in [0.15, 0.2) is 0 Å². The van der Waals surface area contributed by atoms with Crippen LogP contribution < -0.4 is 0 Å². The first-order valence-electron chi connectivity index (χ1n) is 3.45. The van der Waals surface area contributed by atoms with Crippen LogP contribution in [0.4, 0.5) is 0 Å². The normalized spacial score (nSPS) is 9.83. The highest BCUT2D eigenvalue weighted by atomic mass is 35.5. The molecule has 0 bridgehead atoms. The highest BCUT2D eigenvalue weighted by Crippen LogP contribution is 2.30. The lowest BCUT2D eigenvalue weighted by atomic mass is 10.4. The Balaban J connectivity index is 2.75. The van der Waals surface area contributed by atoms with Gasteiger partial charge in [0.05, 0.1) is 11.6 Å². The molecular weight excluding hydrogens is 192 g/mol. The molecule has 3 heteroatoms. The molecule has 0 heterocycles. The van der Waals surface area contributed by atoms with Gasteiger partial charge in [-0.25, -0.2) is 0 Å². The van der Waals surface area contributed by atoms with Crippen molar-refractivity contribution in [2.45, 2.75) is 4.90 Å². The van der Waals surface area contributed by atoms with Crippen molar-refractivity contribution in [3.63, 3.8) is 0 Å². The third kappa shape index (κ3) is 2.55. The van der Waals surface area contributed by atoms with E-state index in [1.807, 2.05) is 24.3 Å². The Morgan fingerprint density at radius 2 is 2.17 bits per heavy atom. The molecule has 0 fully saturated rings. The van der Waals surface area contributed by atoms with Crippen molar-refractivity contribution >= 4 is 23.4 Å². The standard InChI is InChI=1S/C9H9ClOS/c1-7(6-11)12-9-5-3-2-4-8(9)10/h2-5,11H,1,6H2. The summed E-state index contributed by atoms with van der Waals surface area (Å²) < 4.78 is 0. The van der Waals surface area contributed by atoms with Crippen LogP contribution in [0.15, 0.2) is 40.6 Å². The maximum absolute atomic E-state index is 8.72. The molecule has 0 radical (unpaired) electrons. The first-order valence-corrected chi connectivity index (χ1v) is 4.64. The molecule has 0 atom stereocenters. The first-order chi connectivity index (χ1) is 5.74. The lowest BCUT2D eigenvalue weighted by Gasteiger charge is -2.02. The Bertz CT molecular complexity index is 286. The van der Waals surface area contributed by atoms with E-state index in [4.69, 9.17) is 16.7 Å². The van der Waals surface area contributed by atoms with Gasteiger partial charge in [0.1, 0.15) is 0 Å². The molecule has 1 nitrogen and oxygen atoms in total. The van der Waals surface area contributed by atoms with Crippen LogP contribution in [0, 0.1) is 0 Å². The van der Waals surface area contributed by atoms with Gasteiger partial charge in [0.2, 0.25) is 0 Å². The summed E-state index contributed by atoms with van der Waals surface area (Å²) in [5.74, 6) is 0. The summed E-state index contributed by atoms with van der Waals surface area (Å²) in [6.07, 6.45) is 0. The molecule has 0 saturated heterocycles. The molecule has 0 aliphatic heterocycles. The average molecular weight is 201 g/mol. The third-order valence-electron chi connectivity index (χ3n) is 1.27. The van der Waals surface area contributed by atoms with E-state index < -0.39 is 0 Å². The largest absolute Gasteiger partial charge is 0.391 e. The lowest BCUT2D eigenvalue weighted by molar-refractivity contribution is 0.340. The zero-order valence-electron chi connectivity index (χ0n) is 6.46. The molecule has 1 rings (SSSR count). The summed E-state index contributed by atoms with van der Waals surface area (Å²) in [7, 11) is 0. The van der Waals surface area contributed by atoms with E-state index in [1.165, 1.54) is 11.8 Å². The highest BCUT2D eigenvalue weighted by Gasteiger charge is 2.00. The first kappa shape index (κ1) is 9.65. The van der Waals surface area contributed by atoms with Gasteiger partial charge < -0.3 is 5.11 Å². The minimum Gasteiger partial charge on any atom is -0.391 e. The van der Waals surface area contributed by atoms with E-state index >= 15 is 0 Å². The Morgan fingerprint density at radius 3 is 2.75 bits per heavy atom. The van der Waals surface area contributed by atoms with Gasteiger partial charge in [-0.05, 0) is 12.1 Å². The van der Waals surface area contributed by atoms with Gasteiger partial charge in [-0.15, -0.1) is 0 Å². The summed E-state index contributed by atoms with van der Waals surface area (Å²) >= 11 is 7.28. The number of hydrogen-bond donors (Lipinski definition) is 1. The molecule has 1 N–H and O–H groups in total. The molecular formula is C9H9ClOS. The average Bonchev–Trinajstić information content (AvgIpc) is 2.09. The molecule has 0 aliphatic rings. The van der Waals surface area contributed by atoms with Crippen LogP contribution in [-0.2, 0) is 0 Å². The SMILES string of the molecule is C=C(CO)Sc1ccccc1Cl. The Hall–Kier alpha value is -0.440. The lowest BCUT2D eigenvalue weighted by Crippen LogP contribution is -1.82. The van der Waals surface area contributed by atoms with Crippen LogP contribution in [0.25, 0.3) is 0 Å². The Kier molecular flexibility index (Phi) is 3.66. The Morgan fingerprint density at radius 1 is 1.50 bits per heavy atom. The summed E-state index contributed by atoms with van der Waals surface area (Å²) in [4.78, 5) is 1.63. The molecule has 0 unspecified atom stereocenters. The van der Waals surface area contributed by atoms with E-state index in [9.17, 15) is 0 Å². The quantitative estimate of drug-likeness (QED) is 0.758. The predicted octanol–water partition coefficient (Wildman–Crippen LogP) is 2.94. The van der Waals surface area contributed by atoms with Gasteiger partial charge >= 0.3 is 0 Å². The molecule has 64 valence electrons.